The fourth-order valence-corrected chi connectivity index (χ4v) is 4.30. The van der Waals surface area contributed by atoms with Crippen molar-refractivity contribution in [3.8, 4) is 5.75 Å². The van der Waals surface area contributed by atoms with E-state index in [1.807, 2.05) is 0 Å². The number of sulfonamides is 1. The minimum absolute atomic E-state index is 0.291. The molecule has 0 saturated carbocycles. The van der Waals surface area contributed by atoms with Gasteiger partial charge in [0.05, 0.1) is 25.7 Å². The van der Waals surface area contributed by atoms with Gasteiger partial charge in [-0.25, -0.2) is 13.2 Å². The third-order valence-corrected chi connectivity index (χ3v) is 5.73. The van der Waals surface area contributed by atoms with E-state index in [-0.39, 0.29) is 5.91 Å². The van der Waals surface area contributed by atoms with Gasteiger partial charge in [0, 0.05) is 32.2 Å². The highest BCUT2D eigenvalue weighted by Gasteiger charge is 2.34. The molecule has 9 nitrogen and oxygen atoms in total. The Morgan fingerprint density at radius 2 is 1.79 bits per heavy atom. The van der Waals surface area contributed by atoms with E-state index in [9.17, 15) is 18.0 Å². The first-order valence-electron chi connectivity index (χ1n) is 9.03. The Morgan fingerprint density at radius 1 is 1.18 bits per heavy atom. The molecule has 0 aromatic heterocycles. The summed E-state index contributed by atoms with van der Waals surface area (Å²) in [4.78, 5) is 27.9. The number of hydrogen-bond acceptors (Lipinski definition) is 6. The Kier molecular flexibility index (Phi) is 7.11. The van der Waals surface area contributed by atoms with Crippen LogP contribution in [0, 0.1) is 0 Å². The lowest BCUT2D eigenvalue weighted by atomic mass is 10.2. The normalized spacial score (nSPS) is 15.7. The molecule has 28 heavy (non-hydrogen) atoms. The molecule has 2 rings (SSSR count). The van der Waals surface area contributed by atoms with Crippen LogP contribution in [-0.4, -0.2) is 82.4 Å². The predicted molar refractivity (Wildman–Crippen MR) is 105 cm³/mol. The zero-order valence-electron chi connectivity index (χ0n) is 16.6. The van der Waals surface area contributed by atoms with Crippen LogP contribution in [0.15, 0.2) is 24.3 Å². The topological polar surface area (TPSA) is 96.5 Å². The van der Waals surface area contributed by atoms with E-state index in [2.05, 4.69) is 0 Å². The second-order valence-corrected chi connectivity index (χ2v) is 8.31. The Balaban J connectivity index is 2.16. The highest BCUT2D eigenvalue weighted by molar-refractivity contribution is 7.92. The molecule has 0 spiro atoms. The molecule has 1 aliphatic rings. The average Bonchev–Trinajstić information content (AvgIpc) is 2.67. The van der Waals surface area contributed by atoms with Crippen molar-refractivity contribution in [2.75, 3.05) is 50.5 Å². The van der Waals surface area contributed by atoms with Gasteiger partial charge in [0.15, 0.2) is 0 Å². The highest BCUT2D eigenvalue weighted by atomic mass is 32.2. The van der Waals surface area contributed by atoms with Crippen LogP contribution in [0.1, 0.15) is 13.8 Å². The van der Waals surface area contributed by atoms with Gasteiger partial charge >= 0.3 is 6.09 Å². The summed E-state index contributed by atoms with van der Waals surface area (Å²) in [5, 5.41) is 0. The molecule has 0 unspecified atom stereocenters. The Hall–Kier alpha value is -2.49. The highest BCUT2D eigenvalue weighted by Crippen LogP contribution is 2.26. The number of anilines is 1. The fraction of sp³-hybridized carbons (Fsp3) is 0.556. The molecule has 1 aliphatic heterocycles. The number of nitrogens with zero attached hydrogens (tertiary/aromatic N) is 3. The molecule has 1 saturated heterocycles. The van der Waals surface area contributed by atoms with Crippen LogP contribution in [0.2, 0.25) is 0 Å². The van der Waals surface area contributed by atoms with Crippen molar-refractivity contribution in [2.45, 2.75) is 19.9 Å². The number of carbonyl (C=O) groups excluding carboxylic acids is 2. The lowest BCUT2D eigenvalue weighted by Gasteiger charge is -2.37. The van der Waals surface area contributed by atoms with Gasteiger partial charge in [0.25, 0.3) is 0 Å². The molecular weight excluding hydrogens is 386 g/mol. The van der Waals surface area contributed by atoms with Crippen LogP contribution >= 0.6 is 0 Å². The van der Waals surface area contributed by atoms with Crippen LogP contribution in [0.25, 0.3) is 0 Å². The van der Waals surface area contributed by atoms with Gasteiger partial charge in [-0.15, -0.1) is 0 Å². The molecule has 0 aliphatic carbocycles. The summed E-state index contributed by atoms with van der Waals surface area (Å²) in [6, 6.07) is 5.62. The standard InChI is InChI=1S/C18H27N3O6S/c1-5-27-18(23)20-11-9-19(10-12-20)17(22)14(2)21(28(4,24)25)15-7-6-8-16(13-15)26-3/h6-8,13-14H,5,9-12H2,1-4H3/t14-/m0/s1. The largest absolute Gasteiger partial charge is 0.497 e. The van der Waals surface area contributed by atoms with Crippen LogP contribution in [0.5, 0.6) is 5.75 Å². The molecule has 0 bridgehead atoms. The second-order valence-electron chi connectivity index (χ2n) is 6.45. The van der Waals surface area contributed by atoms with Crippen LogP contribution in [-0.2, 0) is 19.6 Å². The number of ether oxygens (including phenoxy) is 2. The number of hydrogen-bond donors (Lipinski definition) is 0. The van der Waals surface area contributed by atoms with Crippen molar-refractivity contribution < 1.29 is 27.5 Å². The minimum Gasteiger partial charge on any atom is -0.497 e. The molecule has 156 valence electrons. The Labute approximate surface area is 165 Å². The van der Waals surface area contributed by atoms with Gasteiger partial charge in [-0.2, -0.15) is 0 Å². The lowest BCUT2D eigenvalue weighted by Crippen LogP contribution is -2.56. The van der Waals surface area contributed by atoms with Crippen molar-refractivity contribution in [3.63, 3.8) is 0 Å². The number of methoxy groups -OCH3 is 1. The number of benzene rings is 1. The Bertz CT molecular complexity index is 805. The maximum atomic E-state index is 13.0. The van der Waals surface area contributed by atoms with E-state index in [1.54, 1.807) is 43.0 Å². The molecule has 0 N–H and O–H groups in total. The van der Waals surface area contributed by atoms with E-state index in [0.717, 1.165) is 10.6 Å². The number of amides is 2. The molecule has 1 aromatic rings. The first-order valence-corrected chi connectivity index (χ1v) is 10.9. The van der Waals surface area contributed by atoms with Gasteiger partial charge in [0.2, 0.25) is 15.9 Å². The summed E-state index contributed by atoms with van der Waals surface area (Å²) >= 11 is 0. The quantitative estimate of drug-likeness (QED) is 0.694. The van der Waals surface area contributed by atoms with E-state index in [1.165, 1.54) is 12.0 Å². The van der Waals surface area contributed by atoms with Gasteiger partial charge in [0.1, 0.15) is 11.8 Å². The summed E-state index contributed by atoms with van der Waals surface area (Å²) < 4.78 is 36.1. The minimum atomic E-state index is -3.71. The van der Waals surface area contributed by atoms with Gasteiger partial charge in [-0.3, -0.25) is 9.10 Å². The van der Waals surface area contributed by atoms with Crippen LogP contribution in [0.3, 0.4) is 0 Å². The summed E-state index contributed by atoms with van der Waals surface area (Å²) in [7, 11) is -2.22. The summed E-state index contributed by atoms with van der Waals surface area (Å²) in [5.74, 6) is 0.172. The molecule has 1 heterocycles. The molecule has 1 aromatic carbocycles. The third kappa shape index (κ3) is 5.06. The maximum absolute atomic E-state index is 13.0. The fourth-order valence-electron chi connectivity index (χ4n) is 3.14. The van der Waals surface area contributed by atoms with Gasteiger partial charge in [-0.05, 0) is 26.0 Å². The smallest absolute Gasteiger partial charge is 0.409 e. The third-order valence-electron chi connectivity index (χ3n) is 4.49. The molecule has 0 radical (unpaired) electrons. The summed E-state index contributed by atoms with van der Waals surface area (Å²) in [6.07, 6.45) is 0.659. The van der Waals surface area contributed by atoms with Crippen molar-refractivity contribution in [2.24, 2.45) is 0 Å². The molecule has 2 amide bonds. The van der Waals surface area contributed by atoms with E-state index in [0.29, 0.717) is 44.2 Å². The first kappa shape index (κ1) is 21.8. The van der Waals surface area contributed by atoms with E-state index in [4.69, 9.17) is 9.47 Å². The monoisotopic (exact) mass is 413 g/mol. The zero-order chi connectivity index (χ0) is 20.9. The van der Waals surface area contributed by atoms with Crippen LogP contribution < -0.4 is 9.04 Å². The maximum Gasteiger partial charge on any atom is 0.409 e. The van der Waals surface area contributed by atoms with Crippen molar-refractivity contribution >= 4 is 27.7 Å². The van der Waals surface area contributed by atoms with Crippen molar-refractivity contribution in [1.29, 1.82) is 0 Å². The van der Waals surface area contributed by atoms with E-state index >= 15 is 0 Å². The number of rotatable bonds is 6. The molecular formula is C18H27N3O6S. The van der Waals surface area contributed by atoms with E-state index < -0.39 is 22.2 Å². The van der Waals surface area contributed by atoms with Crippen molar-refractivity contribution in [3.05, 3.63) is 24.3 Å². The summed E-state index contributed by atoms with van der Waals surface area (Å²) in [6.45, 7) is 4.90. The lowest BCUT2D eigenvalue weighted by molar-refractivity contribution is -0.133. The number of piperazine rings is 1. The zero-order valence-corrected chi connectivity index (χ0v) is 17.4. The first-order chi connectivity index (χ1) is 13.2. The molecule has 10 heteroatoms. The van der Waals surface area contributed by atoms with Crippen LogP contribution in [0.4, 0.5) is 10.5 Å². The number of carbonyl (C=O) groups is 2. The van der Waals surface area contributed by atoms with Crippen molar-refractivity contribution in [1.82, 2.24) is 9.80 Å². The predicted octanol–water partition coefficient (Wildman–Crippen LogP) is 1.15. The van der Waals surface area contributed by atoms with Gasteiger partial charge < -0.3 is 19.3 Å². The SMILES string of the molecule is CCOC(=O)N1CCN(C(=O)[C@H](C)N(c2cccc(OC)c2)S(C)(=O)=O)CC1. The molecule has 1 atom stereocenters. The average molecular weight is 413 g/mol. The Morgan fingerprint density at radius 3 is 2.32 bits per heavy atom. The molecule has 1 fully saturated rings. The van der Waals surface area contributed by atoms with Gasteiger partial charge in [-0.1, -0.05) is 6.07 Å². The summed E-state index contributed by atoms with van der Waals surface area (Å²) in [5.41, 5.74) is 0.354. The second kappa shape index (κ2) is 9.13.